The molecule has 2 N–H and O–H groups in total. The molecule has 0 aliphatic rings. The first-order chi connectivity index (χ1) is 14.8. The van der Waals surface area contributed by atoms with Crippen LogP contribution >= 0.6 is 11.8 Å². The Hall–Kier alpha value is -3.18. The van der Waals surface area contributed by atoms with Crippen molar-refractivity contribution in [1.82, 2.24) is 10.2 Å². The predicted molar refractivity (Wildman–Crippen MR) is 119 cm³/mol. The van der Waals surface area contributed by atoms with Gasteiger partial charge in [0.15, 0.2) is 5.78 Å². The summed E-state index contributed by atoms with van der Waals surface area (Å²) in [7, 11) is -3.35. The second kappa shape index (κ2) is 9.75. The van der Waals surface area contributed by atoms with Gasteiger partial charge in [0, 0.05) is 22.5 Å². The Balaban J connectivity index is 1.55. The van der Waals surface area contributed by atoms with Crippen molar-refractivity contribution < 1.29 is 22.4 Å². The summed E-state index contributed by atoms with van der Waals surface area (Å²) in [4.78, 5) is 23.4. The molecule has 0 aliphatic heterocycles. The molecule has 0 atom stereocenters. The Bertz CT molecular complexity index is 1170. The number of amides is 1. The molecule has 162 valence electrons. The topological polar surface area (TPSA) is 131 Å². The summed E-state index contributed by atoms with van der Waals surface area (Å²) in [6.45, 7) is 3.03. The van der Waals surface area contributed by atoms with Crippen molar-refractivity contribution in [3.05, 3.63) is 54.1 Å². The molecule has 0 bridgehead atoms. The van der Waals surface area contributed by atoms with E-state index < -0.39 is 10.0 Å². The number of carbonyl (C=O) groups excluding carboxylic acids is 2. The second-order valence-corrected chi connectivity index (χ2v) is 9.36. The lowest BCUT2D eigenvalue weighted by Crippen LogP contribution is -2.14. The lowest BCUT2D eigenvalue weighted by Gasteiger charge is -2.05. The molecule has 0 radical (unpaired) electrons. The third-order valence-electron chi connectivity index (χ3n) is 4.09. The van der Waals surface area contributed by atoms with E-state index in [4.69, 9.17) is 4.42 Å². The van der Waals surface area contributed by atoms with Crippen molar-refractivity contribution in [3.63, 3.8) is 0 Å². The molecule has 3 aromatic rings. The summed E-state index contributed by atoms with van der Waals surface area (Å²) in [6.07, 6.45) is 0. The number of hydrogen-bond acceptors (Lipinski definition) is 8. The quantitative estimate of drug-likeness (QED) is 0.367. The molecule has 0 spiro atoms. The number of rotatable bonds is 9. The molecule has 0 fully saturated rings. The van der Waals surface area contributed by atoms with Crippen LogP contribution < -0.4 is 10.0 Å². The predicted octanol–water partition coefficient (Wildman–Crippen LogP) is 3.43. The molecule has 9 nitrogen and oxygen atoms in total. The van der Waals surface area contributed by atoms with Gasteiger partial charge in [-0.25, -0.2) is 8.42 Å². The summed E-state index contributed by atoms with van der Waals surface area (Å²) in [5.74, 6) is 0.00228. The number of nitrogens with zero attached hydrogens (tertiary/aromatic N) is 2. The van der Waals surface area contributed by atoms with Gasteiger partial charge < -0.3 is 9.73 Å². The zero-order valence-corrected chi connectivity index (χ0v) is 18.4. The molecule has 2 aromatic carbocycles. The van der Waals surface area contributed by atoms with Crippen LogP contribution in [0.1, 0.15) is 24.2 Å². The third kappa shape index (κ3) is 6.40. The maximum atomic E-state index is 12.1. The molecule has 0 saturated carbocycles. The van der Waals surface area contributed by atoms with Crippen LogP contribution in [0, 0.1) is 0 Å². The van der Waals surface area contributed by atoms with Crippen LogP contribution in [0.15, 0.2) is 58.2 Å². The molecule has 1 amide bonds. The number of sulfonamides is 1. The largest absolute Gasteiger partial charge is 0.411 e. The van der Waals surface area contributed by atoms with Crippen molar-refractivity contribution in [1.29, 1.82) is 0 Å². The molecule has 0 aliphatic carbocycles. The van der Waals surface area contributed by atoms with Crippen molar-refractivity contribution in [3.8, 4) is 11.5 Å². The summed E-state index contributed by atoms with van der Waals surface area (Å²) < 4.78 is 31.2. The minimum Gasteiger partial charge on any atom is -0.411 e. The van der Waals surface area contributed by atoms with E-state index in [-0.39, 0.29) is 34.3 Å². The Morgan fingerprint density at radius 1 is 1.00 bits per heavy atom. The van der Waals surface area contributed by atoms with Crippen LogP contribution in [-0.4, -0.2) is 41.8 Å². The molecule has 1 heterocycles. The standard InChI is InChI=1S/C20H20N4O5S2/c1-3-31(27,28)24-17-10-6-15(7-11-17)19-22-23-20(29-19)30-12-18(26)21-16-8-4-14(5-9-16)13(2)25/h4-11,24H,3,12H2,1-2H3,(H,21,26). The van der Waals surface area contributed by atoms with Crippen molar-refractivity contribution in [2.75, 3.05) is 21.5 Å². The minimum atomic E-state index is -3.35. The fourth-order valence-electron chi connectivity index (χ4n) is 2.43. The first-order valence-corrected chi connectivity index (χ1v) is 11.9. The lowest BCUT2D eigenvalue weighted by atomic mass is 10.1. The van der Waals surface area contributed by atoms with Gasteiger partial charge in [0.1, 0.15) is 0 Å². The fraction of sp³-hybridized carbons (Fsp3) is 0.200. The maximum absolute atomic E-state index is 12.1. The number of carbonyl (C=O) groups is 2. The summed E-state index contributed by atoms with van der Waals surface area (Å²) in [5, 5.41) is 10.8. The number of ketones is 1. The van der Waals surface area contributed by atoms with Crippen LogP contribution in [0.25, 0.3) is 11.5 Å². The second-order valence-electron chi connectivity index (χ2n) is 6.43. The van der Waals surface area contributed by atoms with E-state index in [0.29, 0.717) is 22.5 Å². The number of aromatic nitrogens is 2. The van der Waals surface area contributed by atoms with Gasteiger partial charge in [0.05, 0.1) is 11.5 Å². The highest BCUT2D eigenvalue weighted by atomic mass is 32.2. The maximum Gasteiger partial charge on any atom is 0.277 e. The molecular formula is C20H20N4O5S2. The zero-order valence-electron chi connectivity index (χ0n) is 16.8. The van der Waals surface area contributed by atoms with E-state index in [0.717, 1.165) is 11.8 Å². The van der Waals surface area contributed by atoms with Gasteiger partial charge in [0.2, 0.25) is 21.8 Å². The number of benzene rings is 2. The third-order valence-corrected chi connectivity index (χ3v) is 6.22. The van der Waals surface area contributed by atoms with Crippen molar-refractivity contribution in [2.24, 2.45) is 0 Å². The van der Waals surface area contributed by atoms with Crippen LogP contribution in [0.3, 0.4) is 0 Å². The number of hydrogen-bond donors (Lipinski definition) is 2. The minimum absolute atomic E-state index is 0.0176. The Labute approximate surface area is 183 Å². The molecule has 31 heavy (non-hydrogen) atoms. The lowest BCUT2D eigenvalue weighted by molar-refractivity contribution is -0.113. The normalized spacial score (nSPS) is 11.2. The molecule has 1 aromatic heterocycles. The molecule has 0 unspecified atom stereocenters. The number of nitrogens with one attached hydrogen (secondary N) is 2. The first-order valence-electron chi connectivity index (χ1n) is 9.24. The summed E-state index contributed by atoms with van der Waals surface area (Å²) in [5.41, 5.74) is 2.21. The molecule has 0 saturated heterocycles. The van der Waals surface area contributed by atoms with E-state index in [1.165, 1.54) is 6.92 Å². The van der Waals surface area contributed by atoms with Gasteiger partial charge in [-0.05, 0) is 62.4 Å². The SMILES string of the molecule is CCS(=O)(=O)Nc1ccc(-c2nnc(SCC(=O)Nc3ccc(C(C)=O)cc3)o2)cc1. The van der Waals surface area contributed by atoms with Crippen molar-refractivity contribution in [2.45, 2.75) is 19.1 Å². The highest BCUT2D eigenvalue weighted by molar-refractivity contribution is 7.99. The molecule has 11 heteroatoms. The fourth-order valence-corrected chi connectivity index (χ4v) is 3.63. The van der Waals surface area contributed by atoms with E-state index in [9.17, 15) is 18.0 Å². The van der Waals surface area contributed by atoms with Crippen LogP contribution in [-0.2, 0) is 14.8 Å². The highest BCUT2D eigenvalue weighted by Gasteiger charge is 2.13. The summed E-state index contributed by atoms with van der Waals surface area (Å²) in [6, 6.07) is 13.1. The van der Waals surface area contributed by atoms with E-state index in [2.05, 4.69) is 20.2 Å². The zero-order chi connectivity index (χ0) is 22.4. The van der Waals surface area contributed by atoms with Crippen LogP contribution in [0.2, 0.25) is 0 Å². The smallest absolute Gasteiger partial charge is 0.277 e. The Morgan fingerprint density at radius 2 is 1.65 bits per heavy atom. The van der Waals surface area contributed by atoms with Crippen molar-refractivity contribution >= 4 is 44.9 Å². The highest BCUT2D eigenvalue weighted by Crippen LogP contribution is 2.25. The number of thioether (sulfide) groups is 1. The van der Waals surface area contributed by atoms with Gasteiger partial charge in [-0.3, -0.25) is 14.3 Å². The van der Waals surface area contributed by atoms with Gasteiger partial charge in [-0.15, -0.1) is 10.2 Å². The molecule has 3 rings (SSSR count). The van der Waals surface area contributed by atoms with Crippen LogP contribution in [0.5, 0.6) is 0 Å². The van der Waals surface area contributed by atoms with Gasteiger partial charge in [-0.1, -0.05) is 11.8 Å². The van der Waals surface area contributed by atoms with Gasteiger partial charge in [0.25, 0.3) is 5.22 Å². The average Bonchev–Trinajstić information content (AvgIpc) is 3.22. The molecular weight excluding hydrogens is 440 g/mol. The van der Waals surface area contributed by atoms with Gasteiger partial charge >= 0.3 is 0 Å². The van der Waals surface area contributed by atoms with E-state index >= 15 is 0 Å². The Kier molecular flexibility index (Phi) is 7.08. The number of anilines is 2. The number of Topliss-reactive ketones (excluding diaryl/α,β-unsaturated/α-hetero) is 1. The monoisotopic (exact) mass is 460 g/mol. The summed E-state index contributed by atoms with van der Waals surface area (Å²) >= 11 is 1.09. The van der Waals surface area contributed by atoms with E-state index in [1.807, 2.05) is 0 Å². The average molecular weight is 461 g/mol. The van der Waals surface area contributed by atoms with Crippen LogP contribution in [0.4, 0.5) is 11.4 Å². The Morgan fingerprint density at radius 3 is 2.26 bits per heavy atom. The van der Waals surface area contributed by atoms with Gasteiger partial charge in [-0.2, -0.15) is 0 Å². The van der Waals surface area contributed by atoms with E-state index in [1.54, 1.807) is 55.5 Å². The first kappa shape index (κ1) is 22.5.